The van der Waals surface area contributed by atoms with E-state index in [1.807, 2.05) is 24.4 Å². The summed E-state index contributed by atoms with van der Waals surface area (Å²) in [6.45, 7) is 1.60. The van der Waals surface area contributed by atoms with Crippen molar-refractivity contribution in [3.05, 3.63) is 78.1 Å². The molecule has 0 bridgehead atoms. The average Bonchev–Trinajstić information content (AvgIpc) is 3.21. The molecule has 4 aromatic rings. The molecule has 10 heteroatoms. The van der Waals surface area contributed by atoms with Crippen LogP contribution in [0.15, 0.2) is 71.1 Å². The summed E-state index contributed by atoms with van der Waals surface area (Å²) < 4.78 is 46.9. The molecule has 0 N–H and O–H groups in total. The molecule has 0 aliphatic carbocycles. The third-order valence-electron chi connectivity index (χ3n) is 4.94. The lowest BCUT2D eigenvalue weighted by Crippen LogP contribution is -2.23. The van der Waals surface area contributed by atoms with Gasteiger partial charge in [-0.2, -0.15) is 17.9 Å². The Hall–Kier alpha value is -3.79. The second-order valence-corrected chi connectivity index (χ2v) is 8.93. The Kier molecular flexibility index (Phi) is 5.62. The van der Waals surface area contributed by atoms with Gasteiger partial charge in [0.15, 0.2) is 0 Å². The van der Waals surface area contributed by atoms with Crippen LogP contribution in [-0.2, 0) is 10.0 Å². The number of hydrogen-bond donors (Lipinski definition) is 0. The maximum Gasteiger partial charge on any atom is 0.279 e. The van der Waals surface area contributed by atoms with Crippen molar-refractivity contribution in [2.75, 3.05) is 14.2 Å². The molecule has 3 heterocycles. The minimum absolute atomic E-state index is 0.135. The molecule has 164 valence electrons. The molecule has 0 saturated heterocycles. The minimum atomic E-state index is -4.01. The number of methoxy groups -OCH3 is 1. The second-order valence-electron chi connectivity index (χ2n) is 7.01. The highest BCUT2D eigenvalue weighted by atomic mass is 32.2. The predicted molar refractivity (Wildman–Crippen MR) is 119 cm³/mol. The summed E-state index contributed by atoms with van der Waals surface area (Å²) in [6, 6.07) is 11.0. The molecule has 0 saturated carbocycles. The molecule has 3 aromatic heterocycles. The Morgan fingerprint density at radius 3 is 2.59 bits per heavy atom. The Labute approximate surface area is 184 Å². The summed E-state index contributed by atoms with van der Waals surface area (Å²) in [5.74, 6) is -0.114. The lowest BCUT2D eigenvalue weighted by Gasteiger charge is -2.15. The minimum Gasteiger partial charge on any atom is -0.481 e. The van der Waals surface area contributed by atoms with Crippen LogP contribution in [0.5, 0.6) is 5.88 Å². The number of nitrogens with zero attached hydrogens (tertiary/aromatic N) is 5. The van der Waals surface area contributed by atoms with Crippen molar-refractivity contribution in [1.82, 2.24) is 18.8 Å². The van der Waals surface area contributed by atoms with Gasteiger partial charge < -0.3 is 4.74 Å². The third kappa shape index (κ3) is 4.04. The van der Waals surface area contributed by atoms with E-state index < -0.39 is 15.8 Å². The van der Waals surface area contributed by atoms with Gasteiger partial charge in [-0.15, -0.1) is 0 Å². The van der Waals surface area contributed by atoms with Crippen LogP contribution in [-0.4, -0.2) is 47.6 Å². The van der Waals surface area contributed by atoms with Gasteiger partial charge >= 0.3 is 0 Å². The molecule has 0 spiro atoms. The number of sulfonamides is 1. The molecule has 0 unspecified atom stereocenters. The highest BCUT2D eigenvalue weighted by Crippen LogP contribution is 2.22. The summed E-state index contributed by atoms with van der Waals surface area (Å²) in [6.07, 6.45) is 6.54. The van der Waals surface area contributed by atoms with Crippen molar-refractivity contribution in [1.29, 1.82) is 0 Å². The normalized spacial score (nSPS) is 11.9. The van der Waals surface area contributed by atoms with E-state index in [2.05, 4.69) is 15.1 Å². The van der Waals surface area contributed by atoms with Crippen LogP contribution in [0, 0.1) is 12.7 Å². The third-order valence-corrected chi connectivity index (χ3v) is 6.73. The van der Waals surface area contributed by atoms with Crippen molar-refractivity contribution in [2.24, 2.45) is 5.10 Å². The van der Waals surface area contributed by atoms with E-state index in [1.165, 1.54) is 25.4 Å². The largest absolute Gasteiger partial charge is 0.481 e. The zero-order valence-electron chi connectivity index (χ0n) is 17.6. The zero-order chi connectivity index (χ0) is 22.9. The summed E-state index contributed by atoms with van der Waals surface area (Å²) in [7, 11) is -1.16. The van der Waals surface area contributed by atoms with Crippen molar-refractivity contribution >= 4 is 21.9 Å². The maximum atomic E-state index is 13.6. The summed E-state index contributed by atoms with van der Waals surface area (Å²) >= 11 is 0. The van der Waals surface area contributed by atoms with Gasteiger partial charge in [0, 0.05) is 36.6 Å². The average molecular weight is 453 g/mol. The molecular formula is C22H20FN5O3S. The number of ether oxygens (including phenoxy) is 1. The molecule has 4 rings (SSSR count). The molecule has 0 aliphatic rings. The number of pyridine rings is 2. The summed E-state index contributed by atoms with van der Waals surface area (Å²) in [4.78, 5) is 8.41. The SMILES string of the molecule is COc1ccc(-c2ccc3ncc(/C=N/N(C)S(=O)(=O)c4cc(F)ccc4C)n3c2)cn1. The smallest absolute Gasteiger partial charge is 0.279 e. The Morgan fingerprint density at radius 1 is 1.09 bits per heavy atom. The van der Waals surface area contributed by atoms with E-state index >= 15 is 0 Å². The van der Waals surface area contributed by atoms with Crippen molar-refractivity contribution in [3.8, 4) is 17.0 Å². The highest BCUT2D eigenvalue weighted by molar-refractivity contribution is 7.89. The first kappa shape index (κ1) is 21.4. The van der Waals surface area contributed by atoms with Gasteiger partial charge in [0.25, 0.3) is 10.0 Å². The van der Waals surface area contributed by atoms with E-state index in [-0.39, 0.29) is 4.90 Å². The summed E-state index contributed by atoms with van der Waals surface area (Å²) in [5, 5.41) is 4.07. The van der Waals surface area contributed by atoms with E-state index in [0.29, 0.717) is 22.8 Å². The van der Waals surface area contributed by atoms with Gasteiger partial charge in [-0.3, -0.25) is 4.40 Å². The van der Waals surface area contributed by atoms with E-state index in [9.17, 15) is 12.8 Å². The maximum absolute atomic E-state index is 13.6. The fourth-order valence-electron chi connectivity index (χ4n) is 3.13. The Bertz CT molecular complexity index is 1420. The van der Waals surface area contributed by atoms with Crippen LogP contribution in [0.3, 0.4) is 0 Å². The summed E-state index contributed by atoms with van der Waals surface area (Å²) in [5.41, 5.74) is 3.44. The lowest BCUT2D eigenvalue weighted by atomic mass is 10.1. The van der Waals surface area contributed by atoms with Crippen LogP contribution in [0.1, 0.15) is 11.3 Å². The van der Waals surface area contributed by atoms with Gasteiger partial charge in [0.1, 0.15) is 11.5 Å². The van der Waals surface area contributed by atoms with Crippen LogP contribution >= 0.6 is 0 Å². The number of imidazole rings is 1. The van der Waals surface area contributed by atoms with E-state index in [0.717, 1.165) is 21.6 Å². The first-order chi connectivity index (χ1) is 15.3. The second kappa shape index (κ2) is 8.39. The number of aromatic nitrogens is 3. The number of benzene rings is 1. The van der Waals surface area contributed by atoms with Crippen molar-refractivity contribution in [3.63, 3.8) is 0 Å². The molecule has 0 fully saturated rings. The number of rotatable bonds is 6. The Balaban J connectivity index is 1.65. The predicted octanol–water partition coefficient (Wildman–Crippen LogP) is 3.51. The molecule has 8 nitrogen and oxygen atoms in total. The lowest BCUT2D eigenvalue weighted by molar-refractivity contribution is 0.398. The van der Waals surface area contributed by atoms with Gasteiger partial charge in [0.05, 0.1) is 30.1 Å². The first-order valence-corrected chi connectivity index (χ1v) is 11.0. The molecule has 0 aliphatic heterocycles. The van der Waals surface area contributed by atoms with Crippen LogP contribution in [0.2, 0.25) is 0 Å². The van der Waals surface area contributed by atoms with Crippen molar-refractivity contribution < 1.29 is 17.5 Å². The molecule has 0 radical (unpaired) electrons. The molecule has 0 amide bonds. The van der Waals surface area contributed by atoms with E-state index in [1.54, 1.807) is 36.9 Å². The number of aryl methyl sites for hydroxylation is 1. The monoisotopic (exact) mass is 453 g/mol. The molecule has 32 heavy (non-hydrogen) atoms. The fraction of sp³-hybridized carbons (Fsp3) is 0.136. The molecular weight excluding hydrogens is 433 g/mol. The van der Waals surface area contributed by atoms with Gasteiger partial charge in [0.2, 0.25) is 5.88 Å². The van der Waals surface area contributed by atoms with Gasteiger partial charge in [-0.25, -0.2) is 14.4 Å². The number of hydrogen-bond acceptors (Lipinski definition) is 6. The quantitative estimate of drug-likeness (QED) is 0.329. The molecule has 0 atom stereocenters. The number of halogens is 1. The first-order valence-electron chi connectivity index (χ1n) is 9.56. The number of hydrazone groups is 1. The topological polar surface area (TPSA) is 89.2 Å². The van der Waals surface area contributed by atoms with Gasteiger partial charge in [-0.05, 0) is 42.8 Å². The van der Waals surface area contributed by atoms with Crippen LogP contribution in [0.4, 0.5) is 4.39 Å². The standard InChI is InChI=1S/C22H20FN5O3S/c1-15-4-7-18(23)10-20(15)32(29,30)27(2)26-13-19-12-24-21-8-5-17(14-28(19)21)16-6-9-22(31-3)25-11-16/h4-14H,1-3H3/b26-13+. The zero-order valence-corrected chi connectivity index (χ0v) is 18.4. The van der Waals surface area contributed by atoms with E-state index in [4.69, 9.17) is 4.74 Å². The highest BCUT2D eigenvalue weighted by Gasteiger charge is 2.22. The Morgan fingerprint density at radius 2 is 1.88 bits per heavy atom. The molecule has 1 aromatic carbocycles. The number of fused-ring (bicyclic) bond motifs is 1. The van der Waals surface area contributed by atoms with Gasteiger partial charge in [-0.1, -0.05) is 6.07 Å². The van der Waals surface area contributed by atoms with Crippen molar-refractivity contribution in [2.45, 2.75) is 11.8 Å². The van der Waals surface area contributed by atoms with Crippen LogP contribution in [0.25, 0.3) is 16.8 Å². The fourth-order valence-corrected chi connectivity index (χ4v) is 4.33. The van der Waals surface area contributed by atoms with Crippen LogP contribution < -0.4 is 4.74 Å².